The standard InChI is InChI=1S/C26H24Cl2N2O4/c1-16-4-6-17(7-5-16)25(31)30-23(26(32)29-15-20-3-2-12-33-20)14-19-9-11-24(34-19)18-8-10-21(27)22(28)13-18/h4-11,13-14,20H,2-3,12,15H2,1H3,(H,29,32)(H,30,31)/b23-14-. The first kappa shape index (κ1) is 24.1. The van der Waals surface area contributed by atoms with Crippen molar-refractivity contribution in [1.29, 1.82) is 0 Å². The van der Waals surface area contributed by atoms with Crippen LogP contribution in [0.3, 0.4) is 0 Å². The van der Waals surface area contributed by atoms with Crippen molar-refractivity contribution in [3.63, 3.8) is 0 Å². The SMILES string of the molecule is Cc1ccc(C(=O)N/C(=C\c2ccc(-c3ccc(Cl)c(Cl)c3)o2)C(=O)NCC2CCCO2)cc1. The molecule has 8 heteroatoms. The zero-order valence-corrected chi connectivity index (χ0v) is 20.1. The first-order chi connectivity index (χ1) is 16.4. The first-order valence-corrected chi connectivity index (χ1v) is 11.7. The molecule has 4 rings (SSSR count). The number of hydrogen-bond acceptors (Lipinski definition) is 4. The molecule has 176 valence electrons. The van der Waals surface area contributed by atoms with E-state index in [2.05, 4.69) is 10.6 Å². The predicted molar refractivity (Wildman–Crippen MR) is 133 cm³/mol. The molecule has 1 saturated heterocycles. The highest BCUT2D eigenvalue weighted by atomic mass is 35.5. The third-order valence-corrected chi connectivity index (χ3v) is 6.18. The molecule has 2 N–H and O–H groups in total. The fourth-order valence-corrected chi connectivity index (χ4v) is 3.84. The number of nitrogens with one attached hydrogen (secondary N) is 2. The molecule has 2 heterocycles. The molecule has 0 spiro atoms. The van der Waals surface area contributed by atoms with Gasteiger partial charge < -0.3 is 19.8 Å². The lowest BCUT2D eigenvalue weighted by molar-refractivity contribution is -0.118. The fraction of sp³-hybridized carbons (Fsp3) is 0.231. The molecule has 1 unspecified atom stereocenters. The highest BCUT2D eigenvalue weighted by Crippen LogP contribution is 2.30. The second kappa shape index (κ2) is 10.9. The Bertz CT molecular complexity index is 1210. The maximum absolute atomic E-state index is 13.0. The number of amides is 2. The molecule has 0 bridgehead atoms. The molecule has 1 aliphatic heterocycles. The van der Waals surface area contributed by atoms with Crippen LogP contribution in [0.2, 0.25) is 10.0 Å². The maximum atomic E-state index is 13.0. The van der Waals surface area contributed by atoms with Crippen LogP contribution in [0.25, 0.3) is 17.4 Å². The lowest BCUT2D eigenvalue weighted by Gasteiger charge is -2.13. The summed E-state index contributed by atoms with van der Waals surface area (Å²) in [5.41, 5.74) is 2.28. The quantitative estimate of drug-likeness (QED) is 0.413. The summed E-state index contributed by atoms with van der Waals surface area (Å²) < 4.78 is 11.5. The average molecular weight is 499 g/mol. The third-order valence-electron chi connectivity index (χ3n) is 5.44. The van der Waals surface area contributed by atoms with E-state index in [9.17, 15) is 9.59 Å². The lowest BCUT2D eigenvalue weighted by Crippen LogP contribution is -2.38. The summed E-state index contributed by atoms with van der Waals surface area (Å²) in [6.45, 7) is 2.99. The molecule has 1 aromatic heterocycles. The van der Waals surface area contributed by atoms with E-state index in [-0.39, 0.29) is 11.8 Å². The molecule has 34 heavy (non-hydrogen) atoms. The van der Waals surface area contributed by atoms with Gasteiger partial charge in [0.25, 0.3) is 11.8 Å². The van der Waals surface area contributed by atoms with Crippen molar-refractivity contribution in [2.24, 2.45) is 0 Å². The normalized spacial score (nSPS) is 15.9. The molecule has 0 aliphatic carbocycles. The van der Waals surface area contributed by atoms with Gasteiger partial charge in [0, 0.05) is 30.4 Å². The van der Waals surface area contributed by atoms with Crippen LogP contribution in [-0.4, -0.2) is 31.1 Å². The number of carbonyl (C=O) groups is 2. The number of ether oxygens (including phenoxy) is 1. The topological polar surface area (TPSA) is 80.6 Å². The Morgan fingerprint density at radius 2 is 1.85 bits per heavy atom. The zero-order chi connectivity index (χ0) is 24.1. The molecule has 0 saturated carbocycles. The van der Waals surface area contributed by atoms with Gasteiger partial charge in [0.05, 0.1) is 16.1 Å². The molecule has 2 amide bonds. The molecule has 0 radical (unpaired) electrons. The van der Waals surface area contributed by atoms with Gasteiger partial charge in [-0.3, -0.25) is 9.59 Å². The second-order valence-corrected chi connectivity index (χ2v) is 8.87. The van der Waals surface area contributed by atoms with E-state index in [4.69, 9.17) is 32.4 Å². The number of benzene rings is 2. The van der Waals surface area contributed by atoms with E-state index in [0.717, 1.165) is 24.0 Å². The summed E-state index contributed by atoms with van der Waals surface area (Å²) in [5.74, 6) is 0.125. The molecule has 2 aromatic carbocycles. The van der Waals surface area contributed by atoms with Crippen LogP contribution in [0.4, 0.5) is 0 Å². The van der Waals surface area contributed by atoms with Crippen LogP contribution < -0.4 is 10.6 Å². The predicted octanol–water partition coefficient (Wildman–Crippen LogP) is 5.63. The summed E-state index contributed by atoms with van der Waals surface area (Å²) in [6.07, 6.45) is 3.33. The number of carbonyl (C=O) groups excluding carboxylic acids is 2. The molecular formula is C26H24Cl2N2O4. The number of rotatable bonds is 7. The number of hydrogen-bond donors (Lipinski definition) is 2. The molecular weight excluding hydrogens is 475 g/mol. The summed E-state index contributed by atoms with van der Waals surface area (Å²) in [5, 5.41) is 6.41. The van der Waals surface area contributed by atoms with Gasteiger partial charge in [0.15, 0.2) is 0 Å². The van der Waals surface area contributed by atoms with E-state index in [1.807, 2.05) is 19.1 Å². The molecule has 1 atom stereocenters. The van der Waals surface area contributed by atoms with E-state index in [1.54, 1.807) is 42.5 Å². The molecule has 6 nitrogen and oxygen atoms in total. The van der Waals surface area contributed by atoms with Gasteiger partial charge in [-0.1, -0.05) is 40.9 Å². The van der Waals surface area contributed by atoms with E-state index in [0.29, 0.717) is 40.3 Å². The van der Waals surface area contributed by atoms with Crippen LogP contribution in [-0.2, 0) is 9.53 Å². The lowest BCUT2D eigenvalue weighted by atomic mass is 10.1. The van der Waals surface area contributed by atoms with Crippen LogP contribution in [0.15, 0.2) is 64.7 Å². The Hall–Kier alpha value is -3.06. The average Bonchev–Trinajstić information content (AvgIpc) is 3.51. The molecule has 3 aromatic rings. The van der Waals surface area contributed by atoms with Crippen molar-refractivity contribution >= 4 is 41.1 Å². The second-order valence-electron chi connectivity index (χ2n) is 8.05. The largest absolute Gasteiger partial charge is 0.457 e. The summed E-state index contributed by atoms with van der Waals surface area (Å²) in [6, 6.07) is 15.7. The summed E-state index contributed by atoms with van der Waals surface area (Å²) >= 11 is 12.1. The first-order valence-electron chi connectivity index (χ1n) is 10.9. The van der Waals surface area contributed by atoms with Crippen LogP contribution >= 0.6 is 23.2 Å². The van der Waals surface area contributed by atoms with E-state index < -0.39 is 11.8 Å². The Labute approximate surface area is 207 Å². The van der Waals surface area contributed by atoms with Gasteiger partial charge in [-0.25, -0.2) is 0 Å². The molecule has 1 aliphatic rings. The van der Waals surface area contributed by atoms with E-state index >= 15 is 0 Å². The van der Waals surface area contributed by atoms with Gasteiger partial charge in [-0.05, 0) is 62.2 Å². The van der Waals surface area contributed by atoms with E-state index in [1.165, 1.54) is 6.08 Å². The minimum atomic E-state index is -0.427. The highest BCUT2D eigenvalue weighted by Gasteiger charge is 2.20. The van der Waals surface area contributed by atoms with Gasteiger partial charge in [0.1, 0.15) is 17.2 Å². The van der Waals surface area contributed by atoms with Crippen molar-refractivity contribution in [2.75, 3.05) is 13.2 Å². The van der Waals surface area contributed by atoms with Crippen molar-refractivity contribution < 1.29 is 18.7 Å². The summed E-state index contributed by atoms with van der Waals surface area (Å²) in [4.78, 5) is 25.8. The van der Waals surface area contributed by atoms with Gasteiger partial charge in [-0.2, -0.15) is 0 Å². The van der Waals surface area contributed by atoms with Crippen molar-refractivity contribution in [3.05, 3.63) is 87.2 Å². The smallest absolute Gasteiger partial charge is 0.268 e. The van der Waals surface area contributed by atoms with Gasteiger partial charge in [-0.15, -0.1) is 0 Å². The fourth-order valence-electron chi connectivity index (χ4n) is 3.54. The highest BCUT2D eigenvalue weighted by molar-refractivity contribution is 6.42. The number of furan rings is 1. The Morgan fingerprint density at radius 3 is 2.56 bits per heavy atom. The Morgan fingerprint density at radius 1 is 1.06 bits per heavy atom. The van der Waals surface area contributed by atoms with Crippen molar-refractivity contribution in [1.82, 2.24) is 10.6 Å². The maximum Gasteiger partial charge on any atom is 0.268 e. The monoisotopic (exact) mass is 498 g/mol. The van der Waals surface area contributed by atoms with Crippen molar-refractivity contribution in [3.8, 4) is 11.3 Å². The van der Waals surface area contributed by atoms with Crippen LogP contribution in [0.5, 0.6) is 0 Å². The van der Waals surface area contributed by atoms with Crippen LogP contribution in [0.1, 0.15) is 34.5 Å². The number of halogens is 2. The minimum Gasteiger partial charge on any atom is -0.457 e. The van der Waals surface area contributed by atoms with Gasteiger partial charge >= 0.3 is 0 Å². The Balaban J connectivity index is 1.56. The molecule has 1 fully saturated rings. The number of aryl methyl sites for hydroxylation is 1. The van der Waals surface area contributed by atoms with Crippen LogP contribution in [0, 0.1) is 6.92 Å². The summed E-state index contributed by atoms with van der Waals surface area (Å²) in [7, 11) is 0. The van der Waals surface area contributed by atoms with Gasteiger partial charge in [0.2, 0.25) is 0 Å². The third kappa shape index (κ3) is 6.08. The zero-order valence-electron chi connectivity index (χ0n) is 18.6. The van der Waals surface area contributed by atoms with Crippen molar-refractivity contribution in [2.45, 2.75) is 25.9 Å². The minimum absolute atomic E-state index is 0.0251. The Kier molecular flexibility index (Phi) is 7.73.